The molecule has 2 aromatic rings. The van der Waals surface area contributed by atoms with Gasteiger partial charge in [0.2, 0.25) is 0 Å². The van der Waals surface area contributed by atoms with E-state index in [1.165, 1.54) is 19.1 Å². The third-order valence-corrected chi connectivity index (χ3v) is 3.35. The fraction of sp³-hybridized carbons (Fsp3) is 0.0714. The Hall–Kier alpha value is -1.82. The van der Waals surface area contributed by atoms with Gasteiger partial charge < -0.3 is 5.32 Å². The van der Waals surface area contributed by atoms with Gasteiger partial charge in [0.25, 0.3) is 5.91 Å². The van der Waals surface area contributed by atoms with E-state index >= 15 is 0 Å². The first-order chi connectivity index (χ1) is 9.40. The summed E-state index contributed by atoms with van der Waals surface area (Å²) in [6.07, 6.45) is 0. The molecule has 0 unspecified atom stereocenters. The molecule has 0 radical (unpaired) electrons. The Kier molecular flexibility index (Phi) is 4.13. The lowest BCUT2D eigenvalue weighted by molar-refractivity contribution is 0.102. The number of benzene rings is 2. The number of carbonyl (C=O) groups is 1. The summed E-state index contributed by atoms with van der Waals surface area (Å²) in [5.74, 6) is -2.97. The molecular formula is C14H9BrF3NO. The highest BCUT2D eigenvalue weighted by atomic mass is 79.9. The van der Waals surface area contributed by atoms with Gasteiger partial charge in [-0.25, -0.2) is 13.2 Å². The van der Waals surface area contributed by atoms with Crippen molar-refractivity contribution in [2.24, 2.45) is 0 Å². The summed E-state index contributed by atoms with van der Waals surface area (Å²) >= 11 is 3.02. The first-order valence-electron chi connectivity index (χ1n) is 5.61. The van der Waals surface area contributed by atoms with Crippen LogP contribution in [-0.4, -0.2) is 5.91 Å². The van der Waals surface area contributed by atoms with Crippen molar-refractivity contribution in [2.45, 2.75) is 6.92 Å². The molecule has 2 rings (SSSR count). The number of halogens is 4. The Labute approximate surface area is 121 Å². The fourth-order valence-corrected chi connectivity index (χ4v) is 2.16. The number of anilines is 1. The maximum absolute atomic E-state index is 13.8. The van der Waals surface area contributed by atoms with Crippen LogP contribution in [0.1, 0.15) is 15.9 Å². The van der Waals surface area contributed by atoms with Crippen LogP contribution in [0.2, 0.25) is 0 Å². The molecule has 0 heterocycles. The van der Waals surface area contributed by atoms with Crippen LogP contribution in [0.3, 0.4) is 0 Å². The molecule has 0 bridgehead atoms. The van der Waals surface area contributed by atoms with Gasteiger partial charge in [-0.05, 0) is 52.7 Å². The second-order valence-electron chi connectivity index (χ2n) is 4.13. The zero-order valence-electron chi connectivity index (χ0n) is 10.3. The number of rotatable bonds is 2. The van der Waals surface area contributed by atoms with Crippen molar-refractivity contribution < 1.29 is 18.0 Å². The molecule has 0 aliphatic rings. The first-order valence-corrected chi connectivity index (χ1v) is 6.40. The average molecular weight is 344 g/mol. The van der Waals surface area contributed by atoms with Crippen LogP contribution < -0.4 is 5.32 Å². The summed E-state index contributed by atoms with van der Waals surface area (Å²) in [5.41, 5.74) is -0.238. The lowest BCUT2D eigenvalue weighted by Gasteiger charge is -2.10. The lowest BCUT2D eigenvalue weighted by Crippen LogP contribution is -2.15. The highest BCUT2D eigenvalue weighted by Gasteiger charge is 2.17. The molecule has 0 saturated heterocycles. The van der Waals surface area contributed by atoms with Crippen molar-refractivity contribution in [3.63, 3.8) is 0 Å². The highest BCUT2D eigenvalue weighted by molar-refractivity contribution is 9.10. The topological polar surface area (TPSA) is 29.1 Å². The van der Waals surface area contributed by atoms with E-state index in [0.717, 1.165) is 18.2 Å². The van der Waals surface area contributed by atoms with Gasteiger partial charge in [-0.3, -0.25) is 4.79 Å². The van der Waals surface area contributed by atoms with E-state index in [0.29, 0.717) is 0 Å². The summed E-state index contributed by atoms with van der Waals surface area (Å²) < 4.78 is 40.5. The number of hydrogen-bond acceptors (Lipinski definition) is 1. The van der Waals surface area contributed by atoms with Crippen LogP contribution in [0.4, 0.5) is 18.9 Å². The normalized spacial score (nSPS) is 10.4. The molecule has 0 aliphatic carbocycles. The van der Waals surface area contributed by atoms with Crippen molar-refractivity contribution in [3.8, 4) is 0 Å². The number of amides is 1. The quantitative estimate of drug-likeness (QED) is 0.858. The van der Waals surface area contributed by atoms with E-state index < -0.39 is 29.0 Å². The number of hydrogen-bond donors (Lipinski definition) is 1. The summed E-state index contributed by atoms with van der Waals surface area (Å²) in [7, 11) is 0. The van der Waals surface area contributed by atoms with Gasteiger partial charge in [-0.15, -0.1) is 0 Å². The molecule has 0 spiro atoms. The second kappa shape index (κ2) is 5.66. The molecule has 0 aromatic heterocycles. The fourth-order valence-electron chi connectivity index (χ4n) is 1.63. The van der Waals surface area contributed by atoms with Gasteiger partial charge in [0.1, 0.15) is 17.3 Å². The SMILES string of the molecule is Cc1ccc(F)c(NC(=O)c2ccc(F)cc2Br)c1F. The van der Waals surface area contributed by atoms with Gasteiger partial charge >= 0.3 is 0 Å². The van der Waals surface area contributed by atoms with Crippen molar-refractivity contribution in [2.75, 3.05) is 5.32 Å². The van der Waals surface area contributed by atoms with Crippen LogP contribution in [0.5, 0.6) is 0 Å². The van der Waals surface area contributed by atoms with Crippen LogP contribution in [0.25, 0.3) is 0 Å². The summed E-state index contributed by atoms with van der Waals surface area (Å²) in [6, 6.07) is 5.74. The molecule has 0 atom stereocenters. The van der Waals surface area contributed by atoms with Crippen molar-refractivity contribution in [1.29, 1.82) is 0 Å². The van der Waals surface area contributed by atoms with E-state index in [4.69, 9.17) is 0 Å². The van der Waals surface area contributed by atoms with Crippen molar-refractivity contribution in [1.82, 2.24) is 0 Å². The molecule has 20 heavy (non-hydrogen) atoms. The zero-order valence-corrected chi connectivity index (χ0v) is 11.9. The maximum atomic E-state index is 13.8. The van der Waals surface area contributed by atoms with Gasteiger partial charge in [0.05, 0.1) is 5.56 Å². The third-order valence-electron chi connectivity index (χ3n) is 2.70. The number of aryl methyl sites for hydroxylation is 1. The molecule has 104 valence electrons. The molecule has 6 heteroatoms. The summed E-state index contributed by atoms with van der Waals surface area (Å²) in [6.45, 7) is 1.46. The minimum absolute atomic E-state index is 0.0757. The maximum Gasteiger partial charge on any atom is 0.256 e. The Morgan fingerprint density at radius 1 is 1.15 bits per heavy atom. The Morgan fingerprint density at radius 2 is 1.85 bits per heavy atom. The predicted molar refractivity (Wildman–Crippen MR) is 73.1 cm³/mol. The molecule has 0 aliphatic heterocycles. The monoisotopic (exact) mass is 343 g/mol. The summed E-state index contributed by atoms with van der Waals surface area (Å²) in [5, 5.41) is 2.15. The van der Waals surface area contributed by atoms with Crippen LogP contribution in [0, 0.1) is 24.4 Å². The number of nitrogens with one attached hydrogen (secondary N) is 1. The average Bonchev–Trinajstić information content (AvgIpc) is 2.39. The smallest absolute Gasteiger partial charge is 0.256 e. The van der Waals surface area contributed by atoms with E-state index in [1.54, 1.807) is 0 Å². The van der Waals surface area contributed by atoms with E-state index in [2.05, 4.69) is 21.2 Å². The zero-order chi connectivity index (χ0) is 14.9. The van der Waals surface area contributed by atoms with E-state index in [1.807, 2.05) is 0 Å². The Bertz CT molecular complexity index is 688. The Balaban J connectivity index is 2.35. The largest absolute Gasteiger partial charge is 0.317 e. The minimum atomic E-state index is -0.875. The Morgan fingerprint density at radius 3 is 2.50 bits per heavy atom. The van der Waals surface area contributed by atoms with E-state index in [-0.39, 0.29) is 15.6 Å². The lowest BCUT2D eigenvalue weighted by atomic mass is 10.1. The molecule has 0 saturated carbocycles. The number of carbonyl (C=O) groups excluding carboxylic acids is 1. The first kappa shape index (κ1) is 14.6. The van der Waals surface area contributed by atoms with Gasteiger partial charge in [0.15, 0.2) is 5.82 Å². The van der Waals surface area contributed by atoms with Crippen LogP contribution in [-0.2, 0) is 0 Å². The molecule has 1 N–H and O–H groups in total. The van der Waals surface area contributed by atoms with Gasteiger partial charge in [-0.2, -0.15) is 0 Å². The van der Waals surface area contributed by atoms with Crippen molar-refractivity contribution in [3.05, 3.63) is 63.4 Å². The molecule has 2 aromatic carbocycles. The predicted octanol–water partition coefficient (Wildman–Crippen LogP) is 4.43. The van der Waals surface area contributed by atoms with Crippen molar-refractivity contribution >= 4 is 27.5 Å². The molecular weight excluding hydrogens is 335 g/mol. The van der Waals surface area contributed by atoms with Gasteiger partial charge in [-0.1, -0.05) is 6.07 Å². The van der Waals surface area contributed by atoms with Gasteiger partial charge in [0, 0.05) is 4.47 Å². The standard InChI is InChI=1S/C14H9BrF3NO/c1-7-2-5-11(17)13(12(7)18)19-14(20)9-4-3-8(16)6-10(9)15/h2-6H,1H3,(H,19,20). The minimum Gasteiger partial charge on any atom is -0.317 e. The molecule has 0 fully saturated rings. The van der Waals surface area contributed by atoms with E-state index in [9.17, 15) is 18.0 Å². The summed E-state index contributed by atoms with van der Waals surface area (Å²) in [4.78, 5) is 12.0. The highest BCUT2D eigenvalue weighted by Crippen LogP contribution is 2.24. The second-order valence-corrected chi connectivity index (χ2v) is 4.99. The molecule has 1 amide bonds. The van der Waals surface area contributed by atoms with Crippen LogP contribution >= 0.6 is 15.9 Å². The third kappa shape index (κ3) is 2.85. The molecule has 2 nitrogen and oxygen atoms in total. The van der Waals surface area contributed by atoms with Crippen LogP contribution in [0.15, 0.2) is 34.8 Å².